The minimum absolute atomic E-state index is 0.187. The summed E-state index contributed by atoms with van der Waals surface area (Å²) in [6, 6.07) is 22.2. The molecular formula is C23H20N2O4S. The molecule has 0 radical (unpaired) electrons. The quantitative estimate of drug-likeness (QED) is 0.604. The molecule has 152 valence electrons. The summed E-state index contributed by atoms with van der Waals surface area (Å²) in [5.41, 5.74) is 2.20. The predicted molar refractivity (Wildman–Crippen MR) is 118 cm³/mol. The summed E-state index contributed by atoms with van der Waals surface area (Å²) in [5.74, 6) is 1.62. The van der Waals surface area contributed by atoms with Crippen molar-refractivity contribution < 1.29 is 19.0 Å². The first-order chi connectivity index (χ1) is 14.7. The third-order valence-corrected chi connectivity index (χ3v) is 4.58. The van der Waals surface area contributed by atoms with Gasteiger partial charge in [-0.25, -0.2) is 0 Å². The van der Waals surface area contributed by atoms with E-state index < -0.39 is 0 Å². The largest absolute Gasteiger partial charge is 0.489 e. The van der Waals surface area contributed by atoms with Crippen molar-refractivity contribution in [3.8, 4) is 17.2 Å². The fraction of sp³-hybridized carbons (Fsp3) is 0.130. The molecule has 0 saturated carbocycles. The van der Waals surface area contributed by atoms with E-state index in [4.69, 9.17) is 26.4 Å². The van der Waals surface area contributed by atoms with Gasteiger partial charge in [-0.1, -0.05) is 36.4 Å². The molecule has 1 amide bonds. The van der Waals surface area contributed by atoms with Crippen LogP contribution in [0.2, 0.25) is 0 Å². The van der Waals surface area contributed by atoms with E-state index in [2.05, 4.69) is 10.6 Å². The van der Waals surface area contributed by atoms with Crippen LogP contribution in [0.5, 0.6) is 17.2 Å². The molecular weight excluding hydrogens is 400 g/mol. The summed E-state index contributed by atoms with van der Waals surface area (Å²) < 4.78 is 16.8. The Morgan fingerprint density at radius 3 is 2.57 bits per heavy atom. The molecule has 30 heavy (non-hydrogen) atoms. The number of nitrogens with one attached hydrogen (secondary N) is 2. The number of benzene rings is 3. The van der Waals surface area contributed by atoms with Crippen LogP contribution in [0, 0.1) is 0 Å². The molecule has 0 aliphatic carbocycles. The maximum atomic E-state index is 12.6. The van der Waals surface area contributed by atoms with Crippen molar-refractivity contribution in [2.75, 3.05) is 18.5 Å². The second kappa shape index (κ2) is 9.28. The van der Waals surface area contributed by atoms with Gasteiger partial charge in [0, 0.05) is 17.3 Å². The Kier molecular flexibility index (Phi) is 6.10. The Labute approximate surface area is 179 Å². The molecule has 3 aromatic rings. The summed E-state index contributed by atoms with van der Waals surface area (Å²) in [6.07, 6.45) is 0. The number of hydrogen-bond acceptors (Lipinski definition) is 5. The number of carbonyl (C=O) groups excluding carboxylic acids is 1. The van der Waals surface area contributed by atoms with Crippen LogP contribution in [0.3, 0.4) is 0 Å². The van der Waals surface area contributed by atoms with E-state index in [-0.39, 0.29) is 11.0 Å². The van der Waals surface area contributed by atoms with Crippen molar-refractivity contribution in [3.63, 3.8) is 0 Å². The van der Waals surface area contributed by atoms with Crippen LogP contribution in [0.15, 0.2) is 72.8 Å². The van der Waals surface area contributed by atoms with E-state index >= 15 is 0 Å². The van der Waals surface area contributed by atoms with Gasteiger partial charge in [-0.3, -0.25) is 10.1 Å². The second-order valence-corrected chi connectivity index (χ2v) is 6.98. The van der Waals surface area contributed by atoms with Gasteiger partial charge < -0.3 is 19.5 Å². The highest BCUT2D eigenvalue weighted by molar-refractivity contribution is 7.80. The van der Waals surface area contributed by atoms with E-state index in [9.17, 15) is 4.79 Å². The molecule has 0 bridgehead atoms. The molecule has 1 aliphatic heterocycles. The Bertz CT molecular complexity index is 1060. The van der Waals surface area contributed by atoms with Crippen molar-refractivity contribution in [2.45, 2.75) is 6.61 Å². The number of anilines is 1. The van der Waals surface area contributed by atoms with Gasteiger partial charge in [-0.2, -0.15) is 0 Å². The maximum Gasteiger partial charge on any atom is 0.257 e. The molecule has 0 spiro atoms. The Balaban J connectivity index is 1.34. The van der Waals surface area contributed by atoms with Gasteiger partial charge in [0.2, 0.25) is 0 Å². The predicted octanol–water partition coefficient (Wildman–Crippen LogP) is 4.16. The van der Waals surface area contributed by atoms with Crippen LogP contribution in [0.25, 0.3) is 0 Å². The number of thiocarbonyl (C=S) groups is 1. The van der Waals surface area contributed by atoms with Crippen molar-refractivity contribution >= 4 is 28.9 Å². The Morgan fingerprint density at radius 2 is 1.73 bits per heavy atom. The topological polar surface area (TPSA) is 68.8 Å². The van der Waals surface area contributed by atoms with E-state index in [1.807, 2.05) is 42.5 Å². The molecule has 0 aromatic heterocycles. The first kappa shape index (κ1) is 19.7. The van der Waals surface area contributed by atoms with Gasteiger partial charge in [0.15, 0.2) is 16.6 Å². The number of fused-ring (bicyclic) bond motifs is 1. The maximum absolute atomic E-state index is 12.6. The molecule has 0 saturated heterocycles. The molecule has 2 N–H and O–H groups in total. The Hall–Kier alpha value is -3.58. The lowest BCUT2D eigenvalue weighted by Crippen LogP contribution is -2.34. The smallest absolute Gasteiger partial charge is 0.257 e. The number of rotatable bonds is 5. The highest BCUT2D eigenvalue weighted by atomic mass is 32.1. The van der Waals surface area contributed by atoms with E-state index in [1.165, 1.54) is 0 Å². The van der Waals surface area contributed by atoms with Crippen LogP contribution in [-0.2, 0) is 6.61 Å². The fourth-order valence-corrected chi connectivity index (χ4v) is 3.14. The molecule has 0 fully saturated rings. The molecule has 4 rings (SSSR count). The highest BCUT2D eigenvalue weighted by Gasteiger charge is 2.13. The average Bonchev–Trinajstić information content (AvgIpc) is 2.78. The minimum atomic E-state index is -0.324. The third-order valence-electron chi connectivity index (χ3n) is 4.37. The molecule has 7 heteroatoms. The molecule has 0 atom stereocenters. The number of hydrogen-bond donors (Lipinski definition) is 2. The lowest BCUT2D eigenvalue weighted by Gasteiger charge is -2.19. The second-order valence-electron chi connectivity index (χ2n) is 6.57. The number of ether oxygens (including phenoxy) is 3. The normalized spacial score (nSPS) is 12.0. The van der Waals surface area contributed by atoms with Crippen LogP contribution in [0.4, 0.5) is 5.69 Å². The number of carbonyl (C=O) groups is 1. The molecule has 1 aliphatic rings. The standard InChI is InChI=1S/C23H20N2O4S/c26-22(17-7-4-8-19(13-17)29-15-16-5-2-1-3-6-16)25-23(30)24-18-9-10-20-21(14-18)28-12-11-27-20/h1-10,13-14H,11-12,15H2,(H2,24,25,26,30). The lowest BCUT2D eigenvalue weighted by molar-refractivity contribution is 0.0977. The van der Waals surface area contributed by atoms with Gasteiger partial charge in [-0.05, 0) is 48.1 Å². The van der Waals surface area contributed by atoms with Crippen molar-refractivity contribution in [1.29, 1.82) is 0 Å². The highest BCUT2D eigenvalue weighted by Crippen LogP contribution is 2.32. The SMILES string of the molecule is O=C(NC(=S)Nc1ccc2c(c1)OCCO2)c1cccc(OCc2ccccc2)c1. The van der Waals surface area contributed by atoms with Gasteiger partial charge >= 0.3 is 0 Å². The van der Waals surface area contributed by atoms with E-state index in [1.54, 1.807) is 30.3 Å². The van der Waals surface area contributed by atoms with Crippen molar-refractivity contribution in [2.24, 2.45) is 0 Å². The fourth-order valence-electron chi connectivity index (χ4n) is 2.93. The monoisotopic (exact) mass is 420 g/mol. The van der Waals surface area contributed by atoms with Crippen molar-refractivity contribution in [3.05, 3.63) is 83.9 Å². The van der Waals surface area contributed by atoms with E-state index in [0.29, 0.717) is 48.3 Å². The minimum Gasteiger partial charge on any atom is -0.489 e. The third kappa shape index (κ3) is 5.07. The molecule has 6 nitrogen and oxygen atoms in total. The molecule has 1 heterocycles. The van der Waals surface area contributed by atoms with Crippen LogP contribution in [0.1, 0.15) is 15.9 Å². The Morgan fingerprint density at radius 1 is 0.933 bits per heavy atom. The van der Waals surface area contributed by atoms with Crippen LogP contribution in [-0.4, -0.2) is 24.2 Å². The zero-order valence-electron chi connectivity index (χ0n) is 16.1. The van der Waals surface area contributed by atoms with Gasteiger partial charge in [0.1, 0.15) is 25.6 Å². The summed E-state index contributed by atoms with van der Waals surface area (Å²) in [4.78, 5) is 12.6. The zero-order chi connectivity index (χ0) is 20.8. The lowest BCUT2D eigenvalue weighted by atomic mass is 10.2. The van der Waals surface area contributed by atoms with E-state index in [0.717, 1.165) is 5.56 Å². The summed E-state index contributed by atoms with van der Waals surface area (Å²) in [7, 11) is 0. The molecule has 0 unspecified atom stereocenters. The van der Waals surface area contributed by atoms with Crippen LogP contribution >= 0.6 is 12.2 Å². The summed E-state index contributed by atoms with van der Waals surface area (Å²) >= 11 is 5.27. The first-order valence-electron chi connectivity index (χ1n) is 9.46. The van der Waals surface area contributed by atoms with Gasteiger partial charge in [0.25, 0.3) is 5.91 Å². The van der Waals surface area contributed by atoms with Crippen molar-refractivity contribution in [1.82, 2.24) is 5.32 Å². The van der Waals surface area contributed by atoms with Crippen LogP contribution < -0.4 is 24.8 Å². The van der Waals surface area contributed by atoms with Gasteiger partial charge in [-0.15, -0.1) is 0 Å². The van der Waals surface area contributed by atoms with Gasteiger partial charge in [0.05, 0.1) is 0 Å². The summed E-state index contributed by atoms with van der Waals surface area (Å²) in [6.45, 7) is 1.46. The first-order valence-corrected chi connectivity index (χ1v) is 9.87. The molecule has 3 aromatic carbocycles. The average molecular weight is 420 g/mol. The number of amides is 1. The summed E-state index contributed by atoms with van der Waals surface area (Å²) in [5, 5.41) is 5.85. The zero-order valence-corrected chi connectivity index (χ0v) is 16.9.